The molecule has 5 heteroatoms. The minimum atomic E-state index is -0.557. The van der Waals surface area contributed by atoms with Gasteiger partial charge in [0, 0.05) is 15.9 Å². The van der Waals surface area contributed by atoms with Crippen molar-refractivity contribution < 1.29 is 9.59 Å². The zero-order valence-corrected chi connectivity index (χ0v) is 13.2. The molecule has 0 unspecified atom stereocenters. The van der Waals surface area contributed by atoms with Crippen LogP contribution in [0.1, 0.15) is 33.1 Å². The van der Waals surface area contributed by atoms with Crippen LogP contribution in [0, 0.1) is 5.41 Å². The first-order valence-electron chi connectivity index (χ1n) is 6.27. The van der Waals surface area contributed by atoms with Gasteiger partial charge in [-0.15, -0.1) is 0 Å². The summed E-state index contributed by atoms with van der Waals surface area (Å²) in [5, 5.41) is 0.504. The van der Waals surface area contributed by atoms with Crippen LogP contribution in [0.3, 0.4) is 0 Å². The van der Waals surface area contributed by atoms with Crippen LogP contribution in [0.5, 0.6) is 0 Å². The van der Waals surface area contributed by atoms with E-state index in [1.54, 1.807) is 18.2 Å². The molecule has 19 heavy (non-hydrogen) atoms. The Labute approximate surface area is 126 Å². The van der Waals surface area contributed by atoms with Crippen LogP contribution in [-0.2, 0) is 9.59 Å². The smallest absolute Gasteiger partial charge is 0.240 e. The summed E-state index contributed by atoms with van der Waals surface area (Å²) < 4.78 is 0.696. The molecule has 2 rings (SSSR count). The van der Waals surface area contributed by atoms with E-state index in [1.165, 1.54) is 4.90 Å². The van der Waals surface area contributed by atoms with Gasteiger partial charge >= 0.3 is 0 Å². The van der Waals surface area contributed by atoms with E-state index in [0.717, 1.165) is 0 Å². The molecule has 1 aliphatic heterocycles. The first kappa shape index (κ1) is 14.5. The lowest BCUT2D eigenvalue weighted by molar-refractivity contribution is -0.126. The maximum atomic E-state index is 12.6. The first-order chi connectivity index (χ1) is 8.95. The van der Waals surface area contributed by atoms with Crippen LogP contribution in [0.25, 0.3) is 0 Å². The number of benzene rings is 1. The second kappa shape index (κ2) is 5.25. The van der Waals surface area contributed by atoms with E-state index in [-0.39, 0.29) is 18.2 Å². The Kier molecular flexibility index (Phi) is 4.02. The molecule has 1 aromatic carbocycles. The topological polar surface area (TPSA) is 37.4 Å². The van der Waals surface area contributed by atoms with Crippen LogP contribution in [0.2, 0.25) is 5.02 Å². The molecule has 2 amide bonds. The Hall–Kier alpha value is -0.870. The van der Waals surface area contributed by atoms with Gasteiger partial charge < -0.3 is 0 Å². The van der Waals surface area contributed by atoms with Gasteiger partial charge in [0.25, 0.3) is 0 Å². The van der Waals surface area contributed by atoms with E-state index >= 15 is 0 Å². The number of amides is 2. The molecule has 3 nitrogen and oxygen atoms in total. The molecule has 0 saturated carbocycles. The summed E-state index contributed by atoms with van der Waals surface area (Å²) in [6.07, 6.45) is 1.61. The van der Waals surface area contributed by atoms with Crippen LogP contribution in [0.15, 0.2) is 22.7 Å². The Morgan fingerprint density at radius 1 is 1.32 bits per heavy atom. The number of halogens is 2. The van der Waals surface area contributed by atoms with Crippen molar-refractivity contribution in [1.82, 2.24) is 0 Å². The number of nitrogens with zero attached hydrogens (tertiary/aromatic N) is 1. The summed E-state index contributed by atoms with van der Waals surface area (Å²) in [6.45, 7) is 3.90. The van der Waals surface area contributed by atoms with E-state index in [4.69, 9.17) is 11.6 Å². The summed E-state index contributed by atoms with van der Waals surface area (Å²) >= 11 is 9.33. The highest BCUT2D eigenvalue weighted by atomic mass is 79.9. The summed E-state index contributed by atoms with van der Waals surface area (Å²) in [5.41, 5.74) is -0.0231. The summed E-state index contributed by atoms with van der Waals surface area (Å²) in [7, 11) is 0. The largest absolute Gasteiger partial charge is 0.274 e. The molecular weight excluding hydrogens is 330 g/mol. The highest BCUT2D eigenvalue weighted by Crippen LogP contribution is 2.43. The lowest BCUT2D eigenvalue weighted by Crippen LogP contribution is -2.35. The molecule has 0 spiro atoms. The zero-order chi connectivity index (χ0) is 14.2. The van der Waals surface area contributed by atoms with Gasteiger partial charge in [0.15, 0.2) is 0 Å². The molecular formula is C14H15BrClNO2. The van der Waals surface area contributed by atoms with Crippen LogP contribution in [0.4, 0.5) is 5.69 Å². The lowest BCUT2D eigenvalue weighted by Gasteiger charge is -2.24. The SMILES string of the molecule is CCC1(CC)CC(=O)N(c2cc(Cl)ccc2Br)C1=O. The van der Waals surface area contributed by atoms with Crippen molar-refractivity contribution in [3.05, 3.63) is 27.7 Å². The fraction of sp³-hybridized carbons (Fsp3) is 0.429. The molecule has 1 fully saturated rings. The van der Waals surface area contributed by atoms with E-state index in [0.29, 0.717) is 28.0 Å². The second-order valence-corrected chi connectivity index (χ2v) is 6.09. The van der Waals surface area contributed by atoms with E-state index < -0.39 is 5.41 Å². The van der Waals surface area contributed by atoms with Gasteiger partial charge in [-0.25, -0.2) is 4.90 Å². The molecule has 1 aromatic rings. The Morgan fingerprint density at radius 2 is 1.95 bits per heavy atom. The normalized spacial score (nSPS) is 18.2. The molecule has 0 bridgehead atoms. The standard InChI is InChI=1S/C14H15BrClNO2/c1-3-14(4-2)8-12(18)17(13(14)19)11-7-9(16)5-6-10(11)15/h5-7H,3-4,8H2,1-2H3. The number of anilines is 1. The van der Waals surface area contributed by atoms with E-state index in [2.05, 4.69) is 15.9 Å². The number of imide groups is 1. The van der Waals surface area contributed by atoms with Crippen molar-refractivity contribution in [2.75, 3.05) is 4.90 Å². The number of hydrogen-bond acceptors (Lipinski definition) is 2. The van der Waals surface area contributed by atoms with Crippen molar-refractivity contribution in [2.24, 2.45) is 5.41 Å². The Bertz CT molecular complexity index is 540. The number of carbonyl (C=O) groups is 2. The minimum Gasteiger partial charge on any atom is -0.274 e. The zero-order valence-electron chi connectivity index (χ0n) is 10.9. The van der Waals surface area contributed by atoms with Crippen LogP contribution in [-0.4, -0.2) is 11.8 Å². The average molecular weight is 345 g/mol. The van der Waals surface area contributed by atoms with Crippen molar-refractivity contribution in [3.63, 3.8) is 0 Å². The van der Waals surface area contributed by atoms with E-state index in [1.807, 2.05) is 13.8 Å². The van der Waals surface area contributed by atoms with Crippen molar-refractivity contribution in [1.29, 1.82) is 0 Å². The third-order valence-electron chi connectivity index (χ3n) is 3.90. The van der Waals surface area contributed by atoms with Gasteiger partial charge in [-0.05, 0) is 47.0 Å². The number of hydrogen-bond donors (Lipinski definition) is 0. The van der Waals surface area contributed by atoms with Crippen LogP contribution >= 0.6 is 27.5 Å². The van der Waals surface area contributed by atoms with Crippen molar-refractivity contribution in [3.8, 4) is 0 Å². The van der Waals surface area contributed by atoms with Gasteiger partial charge in [-0.3, -0.25) is 9.59 Å². The second-order valence-electron chi connectivity index (χ2n) is 4.79. The van der Waals surface area contributed by atoms with Gasteiger partial charge in [-0.2, -0.15) is 0 Å². The highest BCUT2D eigenvalue weighted by molar-refractivity contribution is 9.10. The maximum Gasteiger partial charge on any atom is 0.240 e. The molecule has 1 heterocycles. The summed E-state index contributed by atoms with van der Waals surface area (Å²) in [4.78, 5) is 26.1. The molecule has 102 valence electrons. The molecule has 0 atom stereocenters. The van der Waals surface area contributed by atoms with Crippen molar-refractivity contribution in [2.45, 2.75) is 33.1 Å². The van der Waals surface area contributed by atoms with Gasteiger partial charge in [0.05, 0.1) is 11.1 Å². The monoisotopic (exact) mass is 343 g/mol. The fourth-order valence-corrected chi connectivity index (χ4v) is 3.09. The predicted molar refractivity (Wildman–Crippen MR) is 79.3 cm³/mol. The molecule has 1 saturated heterocycles. The Morgan fingerprint density at radius 3 is 2.47 bits per heavy atom. The van der Waals surface area contributed by atoms with Crippen LogP contribution < -0.4 is 4.90 Å². The molecule has 0 aromatic heterocycles. The molecule has 1 aliphatic rings. The minimum absolute atomic E-state index is 0.120. The highest BCUT2D eigenvalue weighted by Gasteiger charge is 2.50. The third-order valence-corrected chi connectivity index (χ3v) is 4.80. The third kappa shape index (κ3) is 2.32. The summed E-state index contributed by atoms with van der Waals surface area (Å²) in [5.74, 6) is -0.276. The number of rotatable bonds is 3. The first-order valence-corrected chi connectivity index (χ1v) is 7.44. The van der Waals surface area contributed by atoms with E-state index in [9.17, 15) is 9.59 Å². The summed E-state index contributed by atoms with van der Waals surface area (Å²) in [6, 6.07) is 5.10. The van der Waals surface area contributed by atoms with Gasteiger partial charge in [0.1, 0.15) is 0 Å². The van der Waals surface area contributed by atoms with Crippen molar-refractivity contribution >= 4 is 45.0 Å². The molecule has 0 radical (unpaired) electrons. The maximum absolute atomic E-state index is 12.6. The van der Waals surface area contributed by atoms with Gasteiger partial charge in [-0.1, -0.05) is 25.4 Å². The molecule has 0 aliphatic carbocycles. The average Bonchev–Trinajstić information content (AvgIpc) is 2.64. The predicted octanol–water partition coefficient (Wildman–Crippen LogP) is 4.17. The van der Waals surface area contributed by atoms with Gasteiger partial charge in [0.2, 0.25) is 11.8 Å². The fourth-order valence-electron chi connectivity index (χ4n) is 2.50. The Balaban J connectivity index is 2.49. The number of carbonyl (C=O) groups excluding carboxylic acids is 2. The molecule has 0 N–H and O–H groups in total. The lowest BCUT2D eigenvalue weighted by atomic mass is 9.81. The quantitative estimate of drug-likeness (QED) is 0.772.